The number of hydrogen-bond acceptors (Lipinski definition) is 2. The lowest BCUT2D eigenvalue weighted by atomic mass is 9.81. The van der Waals surface area contributed by atoms with Crippen molar-refractivity contribution >= 4 is 11.9 Å². The van der Waals surface area contributed by atoms with Gasteiger partial charge in [-0.15, -0.1) is 0 Å². The second-order valence-electron chi connectivity index (χ2n) is 5.28. The number of nitrogens with one attached hydrogen (secondary N) is 1. The maximum Gasteiger partial charge on any atom is 0.391 e. The molecule has 1 aliphatic carbocycles. The van der Waals surface area contributed by atoms with Gasteiger partial charge in [0.15, 0.2) is 0 Å². The summed E-state index contributed by atoms with van der Waals surface area (Å²) < 4.78 is 37.5. The fourth-order valence-corrected chi connectivity index (χ4v) is 2.46. The van der Waals surface area contributed by atoms with Gasteiger partial charge in [0.25, 0.3) is 0 Å². The number of alkyl halides is 3. The highest BCUT2D eigenvalue weighted by atomic mass is 19.4. The van der Waals surface area contributed by atoms with Gasteiger partial charge < -0.3 is 10.4 Å². The van der Waals surface area contributed by atoms with Crippen molar-refractivity contribution in [2.24, 2.45) is 17.8 Å². The minimum Gasteiger partial charge on any atom is -0.481 e. The average Bonchev–Trinajstić information content (AvgIpc) is 2.38. The van der Waals surface area contributed by atoms with E-state index in [1.807, 2.05) is 0 Å². The van der Waals surface area contributed by atoms with Gasteiger partial charge in [-0.1, -0.05) is 6.92 Å². The van der Waals surface area contributed by atoms with Gasteiger partial charge in [-0.3, -0.25) is 9.59 Å². The largest absolute Gasteiger partial charge is 0.481 e. The quantitative estimate of drug-likeness (QED) is 0.819. The van der Waals surface area contributed by atoms with E-state index in [0.29, 0.717) is 6.42 Å². The Kier molecular flexibility index (Phi) is 5.83. The number of carboxylic acid groups (broad SMARTS) is 1. The van der Waals surface area contributed by atoms with Crippen LogP contribution in [-0.4, -0.2) is 29.7 Å². The molecule has 116 valence electrons. The first-order valence-electron chi connectivity index (χ1n) is 6.82. The normalized spacial score (nSPS) is 25.0. The average molecular weight is 295 g/mol. The standard InChI is InChI=1S/C13H20F3NO3/c1-2-8(12(19)20)7-17-11(18)9-3-5-10(6-4-9)13(14,15)16/h8-10H,2-7H2,1H3,(H,17,18)(H,19,20). The third kappa shape index (κ3) is 4.68. The SMILES string of the molecule is CCC(CNC(=O)C1CCC(C(F)(F)F)CC1)C(=O)O. The van der Waals surface area contributed by atoms with Crippen molar-refractivity contribution in [1.82, 2.24) is 5.32 Å². The molecule has 0 saturated heterocycles. The summed E-state index contributed by atoms with van der Waals surface area (Å²) in [5.74, 6) is -3.70. The molecule has 0 aliphatic heterocycles. The fraction of sp³-hybridized carbons (Fsp3) is 0.846. The van der Waals surface area contributed by atoms with Crippen molar-refractivity contribution in [2.45, 2.75) is 45.2 Å². The lowest BCUT2D eigenvalue weighted by Gasteiger charge is -2.29. The predicted molar refractivity (Wildman–Crippen MR) is 65.9 cm³/mol. The maximum atomic E-state index is 12.5. The molecule has 1 fully saturated rings. The molecule has 0 bridgehead atoms. The van der Waals surface area contributed by atoms with E-state index in [2.05, 4.69) is 5.32 Å². The van der Waals surface area contributed by atoms with Crippen molar-refractivity contribution in [2.75, 3.05) is 6.54 Å². The van der Waals surface area contributed by atoms with E-state index < -0.39 is 29.9 Å². The van der Waals surface area contributed by atoms with Crippen molar-refractivity contribution in [3.8, 4) is 0 Å². The molecule has 20 heavy (non-hydrogen) atoms. The van der Waals surface area contributed by atoms with Gasteiger partial charge in [-0.2, -0.15) is 13.2 Å². The van der Waals surface area contributed by atoms with Crippen molar-refractivity contribution in [3.63, 3.8) is 0 Å². The van der Waals surface area contributed by atoms with Crippen LogP contribution in [0.25, 0.3) is 0 Å². The highest BCUT2D eigenvalue weighted by molar-refractivity contribution is 5.79. The van der Waals surface area contributed by atoms with Crippen LogP contribution in [0.3, 0.4) is 0 Å². The first-order valence-corrected chi connectivity index (χ1v) is 6.82. The molecule has 1 aliphatic rings. The number of halogens is 3. The van der Waals surface area contributed by atoms with Gasteiger partial charge in [-0.25, -0.2) is 0 Å². The van der Waals surface area contributed by atoms with Crippen LogP contribution >= 0.6 is 0 Å². The van der Waals surface area contributed by atoms with Crippen molar-refractivity contribution in [1.29, 1.82) is 0 Å². The predicted octanol–water partition coefficient (Wildman–Crippen LogP) is 2.58. The third-order valence-corrected chi connectivity index (χ3v) is 3.93. The Balaban J connectivity index is 2.38. The van der Waals surface area contributed by atoms with Gasteiger partial charge in [0.1, 0.15) is 0 Å². The molecule has 1 atom stereocenters. The van der Waals surface area contributed by atoms with Crippen LogP contribution in [0.2, 0.25) is 0 Å². The molecule has 0 radical (unpaired) electrons. The number of hydrogen-bond donors (Lipinski definition) is 2. The van der Waals surface area contributed by atoms with Crippen LogP contribution in [0.4, 0.5) is 13.2 Å². The van der Waals surface area contributed by atoms with E-state index in [-0.39, 0.29) is 38.1 Å². The number of aliphatic carboxylic acids is 1. The summed E-state index contributed by atoms with van der Waals surface area (Å²) in [5.41, 5.74) is 0. The zero-order chi connectivity index (χ0) is 15.3. The Bertz CT molecular complexity index is 349. The van der Waals surface area contributed by atoms with E-state index in [9.17, 15) is 22.8 Å². The van der Waals surface area contributed by atoms with Crippen LogP contribution in [0.15, 0.2) is 0 Å². The summed E-state index contributed by atoms with van der Waals surface area (Å²) in [7, 11) is 0. The molecular weight excluding hydrogens is 275 g/mol. The van der Waals surface area contributed by atoms with Crippen LogP contribution in [0.5, 0.6) is 0 Å². The molecule has 2 N–H and O–H groups in total. The molecule has 0 heterocycles. The summed E-state index contributed by atoms with van der Waals surface area (Å²) in [5, 5.41) is 11.4. The Hall–Kier alpha value is -1.27. The molecule has 1 saturated carbocycles. The van der Waals surface area contributed by atoms with E-state index in [1.165, 1.54) is 0 Å². The summed E-state index contributed by atoms with van der Waals surface area (Å²) in [6.45, 7) is 1.74. The Labute approximate surface area is 115 Å². The van der Waals surface area contributed by atoms with Crippen LogP contribution in [-0.2, 0) is 9.59 Å². The zero-order valence-corrected chi connectivity index (χ0v) is 11.4. The van der Waals surface area contributed by atoms with E-state index in [1.54, 1.807) is 6.92 Å². The molecule has 7 heteroatoms. The van der Waals surface area contributed by atoms with Gasteiger partial charge in [-0.05, 0) is 32.1 Å². The van der Waals surface area contributed by atoms with Gasteiger partial charge in [0, 0.05) is 12.5 Å². The molecule has 4 nitrogen and oxygen atoms in total. The lowest BCUT2D eigenvalue weighted by Crippen LogP contribution is -2.39. The highest BCUT2D eigenvalue weighted by Gasteiger charge is 2.42. The Morgan fingerprint density at radius 2 is 1.80 bits per heavy atom. The minimum atomic E-state index is -4.18. The Morgan fingerprint density at radius 3 is 2.20 bits per heavy atom. The first kappa shape index (κ1) is 16.8. The van der Waals surface area contributed by atoms with Crippen molar-refractivity contribution < 1.29 is 27.9 Å². The molecule has 1 rings (SSSR count). The molecule has 0 aromatic rings. The molecule has 0 aromatic heterocycles. The van der Waals surface area contributed by atoms with E-state index >= 15 is 0 Å². The topological polar surface area (TPSA) is 66.4 Å². The Morgan fingerprint density at radius 1 is 1.25 bits per heavy atom. The van der Waals surface area contributed by atoms with Crippen LogP contribution < -0.4 is 5.32 Å². The van der Waals surface area contributed by atoms with Crippen LogP contribution in [0.1, 0.15) is 39.0 Å². The van der Waals surface area contributed by atoms with Gasteiger partial charge in [0.05, 0.1) is 11.8 Å². The summed E-state index contributed by atoms with van der Waals surface area (Å²) >= 11 is 0. The smallest absolute Gasteiger partial charge is 0.391 e. The van der Waals surface area contributed by atoms with Crippen molar-refractivity contribution in [3.05, 3.63) is 0 Å². The molecule has 1 unspecified atom stereocenters. The number of amides is 1. The summed E-state index contributed by atoms with van der Waals surface area (Å²) in [6.07, 6.45) is -3.43. The first-order chi connectivity index (χ1) is 9.25. The zero-order valence-electron chi connectivity index (χ0n) is 11.4. The number of rotatable bonds is 5. The number of carbonyl (C=O) groups is 2. The summed E-state index contributed by atoms with van der Waals surface area (Å²) in [6, 6.07) is 0. The van der Waals surface area contributed by atoms with Crippen LogP contribution in [0, 0.1) is 17.8 Å². The van der Waals surface area contributed by atoms with Gasteiger partial charge in [0.2, 0.25) is 5.91 Å². The van der Waals surface area contributed by atoms with Gasteiger partial charge >= 0.3 is 12.1 Å². The second kappa shape index (κ2) is 6.95. The van der Waals surface area contributed by atoms with E-state index in [4.69, 9.17) is 5.11 Å². The van der Waals surface area contributed by atoms with E-state index in [0.717, 1.165) is 0 Å². The number of carbonyl (C=O) groups excluding carboxylic acids is 1. The number of carboxylic acids is 1. The lowest BCUT2D eigenvalue weighted by molar-refractivity contribution is -0.184. The monoisotopic (exact) mass is 295 g/mol. The minimum absolute atomic E-state index is 0.0300. The molecule has 0 spiro atoms. The molecular formula is C13H20F3NO3. The second-order valence-corrected chi connectivity index (χ2v) is 5.28. The summed E-state index contributed by atoms with van der Waals surface area (Å²) in [4.78, 5) is 22.6. The third-order valence-electron chi connectivity index (χ3n) is 3.93. The fourth-order valence-electron chi connectivity index (χ4n) is 2.46. The highest BCUT2D eigenvalue weighted by Crippen LogP contribution is 2.39. The molecule has 0 aromatic carbocycles. The molecule has 1 amide bonds. The maximum absolute atomic E-state index is 12.5.